The number of nitrogens with one attached hydrogen (secondary N) is 3. The quantitative estimate of drug-likeness (QED) is 0.773. The molecule has 6 heteroatoms. The van der Waals surface area contributed by atoms with E-state index >= 15 is 0 Å². The van der Waals surface area contributed by atoms with Crippen LogP contribution in [0.15, 0.2) is 24.3 Å². The first-order valence-corrected chi connectivity index (χ1v) is 7.20. The number of hydrogen-bond acceptors (Lipinski definition) is 3. The van der Waals surface area contributed by atoms with Crippen LogP contribution in [0.3, 0.4) is 0 Å². The highest BCUT2D eigenvalue weighted by Gasteiger charge is 2.15. The van der Waals surface area contributed by atoms with Crippen molar-refractivity contribution in [2.75, 3.05) is 11.9 Å². The van der Waals surface area contributed by atoms with Crippen molar-refractivity contribution >= 4 is 23.4 Å². The lowest BCUT2D eigenvalue weighted by atomic mass is 10.1. The van der Waals surface area contributed by atoms with Gasteiger partial charge >= 0.3 is 0 Å². The van der Waals surface area contributed by atoms with Crippen LogP contribution in [-0.2, 0) is 9.59 Å². The van der Waals surface area contributed by atoms with E-state index in [9.17, 15) is 14.4 Å². The van der Waals surface area contributed by atoms with Gasteiger partial charge in [0.05, 0.1) is 6.54 Å². The molecule has 120 valence electrons. The fourth-order valence-electron chi connectivity index (χ4n) is 1.71. The molecule has 0 unspecified atom stereocenters. The van der Waals surface area contributed by atoms with E-state index in [0.29, 0.717) is 17.7 Å². The van der Waals surface area contributed by atoms with Crippen molar-refractivity contribution in [1.82, 2.24) is 10.6 Å². The standard InChI is InChI=1S/C16H23N3O3/c1-5-13(20)18-12-8-6-7-11(9-12)15(22)17-10-14(21)19-16(2,3)4/h6-9H,5,10H2,1-4H3,(H,17,22)(H,18,20)(H,19,21). The summed E-state index contributed by atoms with van der Waals surface area (Å²) in [5.41, 5.74) is 0.600. The maximum atomic E-state index is 12.0. The van der Waals surface area contributed by atoms with E-state index in [4.69, 9.17) is 0 Å². The Morgan fingerprint density at radius 1 is 1.09 bits per heavy atom. The summed E-state index contributed by atoms with van der Waals surface area (Å²) in [7, 11) is 0. The van der Waals surface area contributed by atoms with E-state index in [-0.39, 0.29) is 29.8 Å². The van der Waals surface area contributed by atoms with Crippen LogP contribution in [-0.4, -0.2) is 29.8 Å². The first kappa shape index (κ1) is 17.7. The molecule has 0 radical (unpaired) electrons. The highest BCUT2D eigenvalue weighted by Crippen LogP contribution is 2.11. The fourth-order valence-corrected chi connectivity index (χ4v) is 1.71. The average Bonchev–Trinajstić information content (AvgIpc) is 2.43. The maximum absolute atomic E-state index is 12.0. The summed E-state index contributed by atoms with van der Waals surface area (Å²) in [5.74, 6) is -0.741. The molecule has 1 rings (SSSR count). The van der Waals surface area contributed by atoms with E-state index < -0.39 is 0 Å². The Kier molecular flexibility index (Phi) is 6.10. The van der Waals surface area contributed by atoms with Gasteiger partial charge in [0, 0.05) is 23.2 Å². The summed E-state index contributed by atoms with van der Waals surface area (Å²) in [4.78, 5) is 35.0. The van der Waals surface area contributed by atoms with Gasteiger partial charge in [0.1, 0.15) is 0 Å². The lowest BCUT2D eigenvalue weighted by molar-refractivity contribution is -0.121. The van der Waals surface area contributed by atoms with Crippen LogP contribution < -0.4 is 16.0 Å². The normalized spacial score (nSPS) is 10.7. The largest absolute Gasteiger partial charge is 0.350 e. The lowest BCUT2D eigenvalue weighted by Crippen LogP contribution is -2.45. The topological polar surface area (TPSA) is 87.3 Å². The third-order valence-corrected chi connectivity index (χ3v) is 2.65. The zero-order valence-electron chi connectivity index (χ0n) is 13.4. The van der Waals surface area contributed by atoms with E-state index in [1.54, 1.807) is 31.2 Å². The Balaban J connectivity index is 2.60. The van der Waals surface area contributed by atoms with Crippen molar-refractivity contribution in [3.05, 3.63) is 29.8 Å². The molecule has 0 heterocycles. The molecule has 0 aliphatic heterocycles. The zero-order chi connectivity index (χ0) is 16.8. The van der Waals surface area contributed by atoms with Crippen molar-refractivity contribution in [3.8, 4) is 0 Å². The molecule has 0 aliphatic rings. The number of carbonyl (C=O) groups is 3. The maximum Gasteiger partial charge on any atom is 0.251 e. The summed E-state index contributed by atoms with van der Waals surface area (Å²) >= 11 is 0. The molecule has 1 aromatic carbocycles. The van der Waals surface area contributed by atoms with E-state index in [0.717, 1.165) is 0 Å². The van der Waals surface area contributed by atoms with Crippen molar-refractivity contribution in [2.45, 2.75) is 39.7 Å². The third kappa shape index (κ3) is 6.39. The van der Waals surface area contributed by atoms with Gasteiger partial charge in [-0.1, -0.05) is 13.0 Å². The summed E-state index contributed by atoms with van der Waals surface area (Å²) in [6.45, 7) is 7.26. The summed E-state index contributed by atoms with van der Waals surface area (Å²) in [6, 6.07) is 6.58. The van der Waals surface area contributed by atoms with Gasteiger partial charge < -0.3 is 16.0 Å². The van der Waals surface area contributed by atoms with Gasteiger partial charge in [-0.15, -0.1) is 0 Å². The minimum Gasteiger partial charge on any atom is -0.350 e. The molecular weight excluding hydrogens is 282 g/mol. The number of amides is 3. The molecule has 0 atom stereocenters. The van der Waals surface area contributed by atoms with Gasteiger partial charge in [0.25, 0.3) is 5.91 Å². The minimum absolute atomic E-state index is 0.0956. The van der Waals surface area contributed by atoms with Gasteiger partial charge in [0.2, 0.25) is 11.8 Å². The van der Waals surface area contributed by atoms with Gasteiger partial charge in [-0.25, -0.2) is 0 Å². The van der Waals surface area contributed by atoms with Crippen LogP contribution in [0, 0.1) is 0 Å². The van der Waals surface area contributed by atoms with Crippen LogP contribution >= 0.6 is 0 Å². The molecule has 0 aliphatic carbocycles. The van der Waals surface area contributed by atoms with Gasteiger partial charge in [-0.3, -0.25) is 14.4 Å². The van der Waals surface area contributed by atoms with Crippen molar-refractivity contribution in [3.63, 3.8) is 0 Å². The molecular formula is C16H23N3O3. The molecule has 0 fully saturated rings. The second-order valence-corrected chi connectivity index (χ2v) is 5.96. The second-order valence-electron chi connectivity index (χ2n) is 5.96. The van der Waals surface area contributed by atoms with Crippen LogP contribution in [0.2, 0.25) is 0 Å². The van der Waals surface area contributed by atoms with Crippen LogP contribution in [0.1, 0.15) is 44.5 Å². The van der Waals surface area contributed by atoms with E-state index in [1.807, 2.05) is 20.8 Å². The molecule has 0 bridgehead atoms. The molecule has 1 aromatic rings. The van der Waals surface area contributed by atoms with Gasteiger partial charge in [0.15, 0.2) is 0 Å². The molecule has 0 saturated carbocycles. The Morgan fingerprint density at radius 3 is 2.36 bits per heavy atom. The SMILES string of the molecule is CCC(=O)Nc1cccc(C(=O)NCC(=O)NC(C)(C)C)c1. The Labute approximate surface area is 130 Å². The molecule has 3 amide bonds. The van der Waals surface area contributed by atoms with Gasteiger partial charge in [-0.2, -0.15) is 0 Å². The fraction of sp³-hybridized carbons (Fsp3) is 0.438. The minimum atomic E-state index is -0.364. The van der Waals surface area contributed by atoms with E-state index in [1.165, 1.54) is 0 Å². The van der Waals surface area contributed by atoms with Crippen molar-refractivity contribution in [2.24, 2.45) is 0 Å². The molecule has 0 spiro atoms. The molecule has 22 heavy (non-hydrogen) atoms. The third-order valence-electron chi connectivity index (χ3n) is 2.65. The lowest BCUT2D eigenvalue weighted by Gasteiger charge is -2.20. The van der Waals surface area contributed by atoms with E-state index in [2.05, 4.69) is 16.0 Å². The van der Waals surface area contributed by atoms with Gasteiger partial charge in [-0.05, 0) is 39.0 Å². The number of hydrogen-bond donors (Lipinski definition) is 3. The highest BCUT2D eigenvalue weighted by atomic mass is 16.2. The molecule has 3 N–H and O–H groups in total. The second kappa shape index (κ2) is 7.59. The highest BCUT2D eigenvalue weighted by molar-refractivity contribution is 5.98. The molecule has 6 nitrogen and oxygen atoms in total. The Morgan fingerprint density at radius 2 is 1.77 bits per heavy atom. The Hall–Kier alpha value is -2.37. The van der Waals surface area contributed by atoms with Crippen LogP contribution in [0.25, 0.3) is 0 Å². The smallest absolute Gasteiger partial charge is 0.251 e. The number of benzene rings is 1. The summed E-state index contributed by atoms with van der Waals surface area (Å²) in [6.07, 6.45) is 0.364. The zero-order valence-corrected chi connectivity index (χ0v) is 13.4. The monoisotopic (exact) mass is 305 g/mol. The molecule has 0 aromatic heterocycles. The number of carbonyl (C=O) groups excluding carboxylic acids is 3. The van der Waals surface area contributed by atoms with Crippen LogP contribution in [0.5, 0.6) is 0 Å². The number of anilines is 1. The number of rotatable bonds is 5. The summed E-state index contributed by atoms with van der Waals surface area (Å²) in [5, 5.41) is 8.00. The average molecular weight is 305 g/mol. The predicted molar refractivity (Wildman–Crippen MR) is 85.6 cm³/mol. The van der Waals surface area contributed by atoms with Crippen molar-refractivity contribution in [1.29, 1.82) is 0 Å². The first-order valence-electron chi connectivity index (χ1n) is 7.20. The molecule has 0 saturated heterocycles. The van der Waals surface area contributed by atoms with Crippen molar-refractivity contribution < 1.29 is 14.4 Å². The first-order chi connectivity index (χ1) is 10.2. The predicted octanol–water partition coefficient (Wildman–Crippen LogP) is 1.68. The Bertz CT molecular complexity index is 562. The van der Waals surface area contributed by atoms with Crippen LogP contribution in [0.4, 0.5) is 5.69 Å². The summed E-state index contributed by atoms with van der Waals surface area (Å²) < 4.78 is 0.